The molecule has 0 bridgehead atoms. The van der Waals surface area contributed by atoms with Crippen molar-refractivity contribution in [2.45, 2.75) is 17.4 Å². The standard InChI is InChI=1S/C17H14N2O2S/c1-12-18-19-17(21-12)22-16(14-10-6-3-7-11-14)15(20)13-8-4-2-5-9-13/h2-11,16H,1H3/t16-/m1/s1. The van der Waals surface area contributed by atoms with Gasteiger partial charge < -0.3 is 4.42 Å². The van der Waals surface area contributed by atoms with E-state index in [1.165, 1.54) is 11.8 Å². The lowest BCUT2D eigenvalue weighted by molar-refractivity contribution is 0.0989. The molecule has 0 unspecified atom stereocenters. The van der Waals surface area contributed by atoms with E-state index < -0.39 is 5.25 Å². The Morgan fingerprint density at radius 2 is 1.64 bits per heavy atom. The summed E-state index contributed by atoms with van der Waals surface area (Å²) in [6, 6.07) is 18.9. The number of aromatic nitrogens is 2. The summed E-state index contributed by atoms with van der Waals surface area (Å²) in [5, 5.41) is 7.78. The lowest BCUT2D eigenvalue weighted by atomic mass is 10.0. The molecule has 110 valence electrons. The fourth-order valence-electron chi connectivity index (χ4n) is 2.08. The van der Waals surface area contributed by atoms with Gasteiger partial charge in [0.25, 0.3) is 5.22 Å². The van der Waals surface area contributed by atoms with E-state index in [-0.39, 0.29) is 5.78 Å². The highest BCUT2D eigenvalue weighted by Gasteiger charge is 2.25. The topological polar surface area (TPSA) is 56.0 Å². The second-order valence-electron chi connectivity index (χ2n) is 4.73. The number of hydrogen-bond donors (Lipinski definition) is 0. The van der Waals surface area contributed by atoms with Crippen molar-refractivity contribution in [3.05, 3.63) is 77.7 Å². The largest absolute Gasteiger partial charge is 0.416 e. The smallest absolute Gasteiger partial charge is 0.277 e. The van der Waals surface area contributed by atoms with Crippen LogP contribution in [0.15, 0.2) is 70.3 Å². The van der Waals surface area contributed by atoms with Crippen molar-refractivity contribution in [3.8, 4) is 0 Å². The average molecular weight is 310 g/mol. The van der Waals surface area contributed by atoms with Crippen LogP contribution in [0, 0.1) is 6.92 Å². The Morgan fingerprint density at radius 1 is 1.00 bits per heavy atom. The quantitative estimate of drug-likeness (QED) is 0.524. The van der Waals surface area contributed by atoms with Crippen LogP contribution in [0.5, 0.6) is 0 Å². The molecular weight excluding hydrogens is 296 g/mol. The van der Waals surface area contributed by atoms with Crippen molar-refractivity contribution in [2.75, 3.05) is 0 Å². The molecular formula is C17H14N2O2S. The molecule has 0 aliphatic rings. The van der Waals surface area contributed by atoms with Gasteiger partial charge in [0, 0.05) is 12.5 Å². The Labute approximate surface area is 132 Å². The molecule has 2 aromatic carbocycles. The van der Waals surface area contributed by atoms with Gasteiger partial charge in [0.15, 0.2) is 5.78 Å². The van der Waals surface area contributed by atoms with Crippen molar-refractivity contribution in [2.24, 2.45) is 0 Å². The number of benzene rings is 2. The number of ketones is 1. The zero-order valence-corrected chi connectivity index (χ0v) is 12.8. The van der Waals surface area contributed by atoms with E-state index in [0.717, 1.165) is 5.56 Å². The van der Waals surface area contributed by atoms with E-state index in [1.54, 1.807) is 6.92 Å². The summed E-state index contributed by atoms with van der Waals surface area (Å²) in [7, 11) is 0. The number of nitrogens with zero attached hydrogens (tertiary/aromatic N) is 2. The number of rotatable bonds is 5. The fraction of sp³-hybridized carbons (Fsp3) is 0.118. The molecule has 0 aliphatic heterocycles. The van der Waals surface area contributed by atoms with Crippen molar-refractivity contribution < 1.29 is 9.21 Å². The van der Waals surface area contributed by atoms with Gasteiger partial charge in [0.1, 0.15) is 5.25 Å². The van der Waals surface area contributed by atoms with Crippen molar-refractivity contribution in [3.63, 3.8) is 0 Å². The van der Waals surface area contributed by atoms with Crippen molar-refractivity contribution in [1.29, 1.82) is 0 Å². The van der Waals surface area contributed by atoms with Gasteiger partial charge in [-0.1, -0.05) is 60.7 Å². The summed E-state index contributed by atoms with van der Waals surface area (Å²) in [5.41, 5.74) is 1.58. The summed E-state index contributed by atoms with van der Waals surface area (Å²) in [6.07, 6.45) is 0. The molecule has 0 saturated carbocycles. The van der Waals surface area contributed by atoms with Gasteiger partial charge in [-0.3, -0.25) is 4.79 Å². The highest BCUT2D eigenvalue weighted by atomic mass is 32.2. The molecule has 3 aromatic rings. The van der Waals surface area contributed by atoms with E-state index in [4.69, 9.17) is 4.42 Å². The van der Waals surface area contributed by atoms with Gasteiger partial charge in [0.05, 0.1) is 0 Å². The molecule has 1 aromatic heterocycles. The van der Waals surface area contributed by atoms with Crippen LogP contribution >= 0.6 is 11.8 Å². The summed E-state index contributed by atoms with van der Waals surface area (Å²) in [5.74, 6) is 0.508. The number of aryl methyl sites for hydroxylation is 1. The second-order valence-corrected chi connectivity index (χ2v) is 5.78. The number of carbonyl (C=O) groups excluding carboxylic acids is 1. The fourth-order valence-corrected chi connectivity index (χ4v) is 3.08. The Kier molecular flexibility index (Phi) is 4.34. The highest BCUT2D eigenvalue weighted by molar-refractivity contribution is 8.00. The maximum atomic E-state index is 12.8. The van der Waals surface area contributed by atoms with Gasteiger partial charge >= 0.3 is 0 Å². The second kappa shape index (κ2) is 6.58. The zero-order valence-electron chi connectivity index (χ0n) is 12.0. The van der Waals surface area contributed by atoms with E-state index in [2.05, 4.69) is 10.2 Å². The molecule has 0 amide bonds. The van der Waals surface area contributed by atoms with Crippen LogP contribution < -0.4 is 0 Å². The molecule has 3 rings (SSSR count). The maximum absolute atomic E-state index is 12.8. The Bertz CT molecular complexity index is 757. The molecule has 22 heavy (non-hydrogen) atoms. The molecule has 0 aliphatic carbocycles. The third-order valence-electron chi connectivity index (χ3n) is 3.12. The predicted molar refractivity (Wildman–Crippen MR) is 84.8 cm³/mol. The van der Waals surface area contributed by atoms with Gasteiger partial charge in [-0.05, 0) is 17.3 Å². The minimum absolute atomic E-state index is 0.0210. The molecule has 5 heteroatoms. The summed E-state index contributed by atoms with van der Waals surface area (Å²) in [4.78, 5) is 12.8. The number of Topliss-reactive ketones (excluding diaryl/α,β-unsaturated/α-hetero) is 1. The number of thioether (sulfide) groups is 1. The van der Waals surface area contributed by atoms with Crippen LogP contribution in [0.1, 0.15) is 27.1 Å². The first-order valence-corrected chi connectivity index (χ1v) is 7.73. The molecule has 4 nitrogen and oxygen atoms in total. The van der Waals surface area contributed by atoms with Gasteiger partial charge in [-0.2, -0.15) is 0 Å². The summed E-state index contributed by atoms with van der Waals surface area (Å²) in [6.45, 7) is 1.73. The maximum Gasteiger partial charge on any atom is 0.277 e. The van der Waals surface area contributed by atoms with E-state index in [0.29, 0.717) is 16.7 Å². The van der Waals surface area contributed by atoms with Gasteiger partial charge in [-0.15, -0.1) is 10.2 Å². The molecule has 0 radical (unpaired) electrons. The third-order valence-corrected chi connectivity index (χ3v) is 4.21. The van der Waals surface area contributed by atoms with Crippen LogP contribution in [0.2, 0.25) is 0 Å². The SMILES string of the molecule is Cc1nnc(S[C@@H](C(=O)c2ccccc2)c2ccccc2)o1. The van der Waals surface area contributed by atoms with Crippen LogP contribution in [0.25, 0.3) is 0 Å². The van der Waals surface area contributed by atoms with Crippen LogP contribution in [0.4, 0.5) is 0 Å². The van der Waals surface area contributed by atoms with E-state index in [1.807, 2.05) is 60.7 Å². The molecule has 0 saturated heterocycles. The normalized spacial score (nSPS) is 12.0. The lowest BCUT2D eigenvalue weighted by Gasteiger charge is -2.13. The predicted octanol–water partition coefficient (Wildman–Crippen LogP) is 4.09. The summed E-state index contributed by atoms with van der Waals surface area (Å²) >= 11 is 1.28. The highest BCUT2D eigenvalue weighted by Crippen LogP contribution is 2.36. The lowest BCUT2D eigenvalue weighted by Crippen LogP contribution is -2.10. The Morgan fingerprint density at radius 3 is 2.23 bits per heavy atom. The molecule has 1 atom stereocenters. The Balaban J connectivity index is 1.94. The molecule has 0 spiro atoms. The third kappa shape index (κ3) is 3.26. The average Bonchev–Trinajstić information content (AvgIpc) is 2.99. The van der Waals surface area contributed by atoms with Crippen LogP contribution in [0.3, 0.4) is 0 Å². The van der Waals surface area contributed by atoms with Gasteiger partial charge in [0.2, 0.25) is 5.89 Å². The van der Waals surface area contributed by atoms with Gasteiger partial charge in [-0.25, -0.2) is 0 Å². The number of hydrogen-bond acceptors (Lipinski definition) is 5. The molecule has 0 fully saturated rings. The first kappa shape index (κ1) is 14.5. The zero-order chi connectivity index (χ0) is 15.4. The first-order valence-electron chi connectivity index (χ1n) is 6.85. The van der Waals surface area contributed by atoms with E-state index in [9.17, 15) is 4.79 Å². The van der Waals surface area contributed by atoms with Crippen molar-refractivity contribution in [1.82, 2.24) is 10.2 Å². The van der Waals surface area contributed by atoms with Crippen molar-refractivity contribution >= 4 is 17.5 Å². The van der Waals surface area contributed by atoms with Crippen LogP contribution in [-0.2, 0) is 0 Å². The minimum Gasteiger partial charge on any atom is -0.416 e. The summed E-state index contributed by atoms with van der Waals surface area (Å²) < 4.78 is 5.41. The molecule has 0 N–H and O–H groups in total. The van der Waals surface area contributed by atoms with Crippen LogP contribution in [-0.4, -0.2) is 16.0 Å². The van der Waals surface area contributed by atoms with E-state index >= 15 is 0 Å². The molecule has 1 heterocycles. The first-order chi connectivity index (χ1) is 10.7. The monoisotopic (exact) mass is 310 g/mol. The minimum atomic E-state index is -0.413. The number of carbonyl (C=O) groups is 1. The Hall–Kier alpha value is -2.40.